The molecule has 1 saturated carbocycles. The van der Waals surface area contributed by atoms with Crippen molar-refractivity contribution < 1.29 is 9.53 Å². The topological polar surface area (TPSA) is 32.8 Å². The lowest BCUT2D eigenvalue weighted by Gasteiger charge is -2.38. The number of piperazine rings is 1. The van der Waals surface area contributed by atoms with Crippen LogP contribution in [-0.2, 0) is 4.79 Å². The van der Waals surface area contributed by atoms with Crippen molar-refractivity contribution in [2.24, 2.45) is 11.3 Å². The molecule has 0 atom stereocenters. The molecule has 0 unspecified atom stereocenters. The Morgan fingerprint density at radius 1 is 0.769 bits per heavy atom. The number of ether oxygens (including phenoxy) is 1. The van der Waals surface area contributed by atoms with Crippen LogP contribution in [0.2, 0.25) is 0 Å². The van der Waals surface area contributed by atoms with Crippen molar-refractivity contribution in [2.45, 2.75) is 53.5 Å². The molecule has 0 aromatic heterocycles. The highest BCUT2D eigenvalue weighted by Gasteiger charge is 2.31. The number of anilines is 1. The Bertz CT molecular complexity index is 1290. The van der Waals surface area contributed by atoms with E-state index < -0.39 is 5.41 Å². The molecule has 0 radical (unpaired) electrons. The standard InChI is InChI=1S/C35H42N2O2/c1-25(2)36-21-23-37(24-22-36)30-17-13-28(14-18-30)33(32(27-11-12-27)26-9-7-6-8-10-26)29-15-19-31(20-16-29)39-34(38)35(3,4)5/h6-10,13-20,25,27H,11-12,21-24H2,1-5H3/b33-32-. The van der Waals surface area contributed by atoms with E-state index in [2.05, 4.69) is 90.4 Å². The minimum atomic E-state index is -0.542. The Hall–Kier alpha value is -3.37. The van der Waals surface area contributed by atoms with Gasteiger partial charge in [-0.2, -0.15) is 0 Å². The summed E-state index contributed by atoms with van der Waals surface area (Å²) in [6, 6.07) is 28.6. The van der Waals surface area contributed by atoms with Gasteiger partial charge in [-0.05, 0) is 105 Å². The summed E-state index contributed by atoms with van der Waals surface area (Å²) < 4.78 is 5.67. The van der Waals surface area contributed by atoms with Crippen LogP contribution in [0, 0.1) is 11.3 Å². The highest BCUT2D eigenvalue weighted by molar-refractivity contribution is 6.00. The third-order valence-corrected chi connectivity index (χ3v) is 7.87. The summed E-state index contributed by atoms with van der Waals surface area (Å²) in [5, 5.41) is 0. The zero-order valence-electron chi connectivity index (χ0n) is 24.1. The summed E-state index contributed by atoms with van der Waals surface area (Å²) >= 11 is 0. The third-order valence-electron chi connectivity index (χ3n) is 7.87. The number of hydrogen-bond donors (Lipinski definition) is 0. The molecule has 1 heterocycles. The number of allylic oxidation sites excluding steroid dienone is 1. The Morgan fingerprint density at radius 3 is 1.85 bits per heavy atom. The first kappa shape index (κ1) is 27.2. The largest absolute Gasteiger partial charge is 0.426 e. The monoisotopic (exact) mass is 522 g/mol. The minimum Gasteiger partial charge on any atom is -0.426 e. The maximum Gasteiger partial charge on any atom is 0.316 e. The van der Waals surface area contributed by atoms with Gasteiger partial charge in [0.2, 0.25) is 0 Å². The molecule has 2 aliphatic rings. The minimum absolute atomic E-state index is 0.223. The molecular weight excluding hydrogens is 480 g/mol. The molecule has 0 N–H and O–H groups in total. The van der Waals surface area contributed by atoms with Gasteiger partial charge in [0.05, 0.1) is 5.41 Å². The lowest BCUT2D eigenvalue weighted by Crippen LogP contribution is -2.48. The van der Waals surface area contributed by atoms with Gasteiger partial charge in [0.15, 0.2) is 0 Å². The smallest absolute Gasteiger partial charge is 0.316 e. The van der Waals surface area contributed by atoms with Gasteiger partial charge in [-0.25, -0.2) is 0 Å². The molecule has 1 saturated heterocycles. The molecule has 1 aliphatic carbocycles. The van der Waals surface area contributed by atoms with Crippen LogP contribution >= 0.6 is 0 Å². The Kier molecular flexibility index (Phi) is 7.95. The number of rotatable bonds is 7. The first-order valence-corrected chi connectivity index (χ1v) is 14.4. The van der Waals surface area contributed by atoms with Crippen molar-refractivity contribution in [3.63, 3.8) is 0 Å². The average Bonchev–Trinajstić information content (AvgIpc) is 3.78. The lowest BCUT2D eigenvalue weighted by molar-refractivity contribution is -0.142. The Morgan fingerprint density at radius 2 is 1.33 bits per heavy atom. The van der Waals surface area contributed by atoms with Crippen molar-refractivity contribution in [1.29, 1.82) is 0 Å². The fraction of sp³-hybridized carbons (Fsp3) is 0.400. The molecule has 3 aromatic rings. The molecule has 0 amide bonds. The van der Waals surface area contributed by atoms with Crippen LogP contribution in [0.1, 0.15) is 64.2 Å². The van der Waals surface area contributed by atoms with Crippen molar-refractivity contribution >= 4 is 22.8 Å². The molecule has 1 aliphatic heterocycles. The second-order valence-electron chi connectivity index (χ2n) is 12.3. The fourth-order valence-corrected chi connectivity index (χ4v) is 5.34. The predicted molar refractivity (Wildman–Crippen MR) is 162 cm³/mol. The van der Waals surface area contributed by atoms with Crippen LogP contribution in [0.4, 0.5) is 5.69 Å². The molecule has 0 bridgehead atoms. The van der Waals surface area contributed by atoms with Crippen molar-refractivity contribution in [1.82, 2.24) is 4.90 Å². The van der Waals surface area contributed by atoms with E-state index >= 15 is 0 Å². The van der Waals surface area contributed by atoms with E-state index in [1.165, 1.54) is 40.8 Å². The average molecular weight is 523 g/mol. The van der Waals surface area contributed by atoms with Crippen LogP contribution < -0.4 is 9.64 Å². The number of hydrogen-bond acceptors (Lipinski definition) is 4. The molecule has 0 spiro atoms. The van der Waals surface area contributed by atoms with E-state index in [0.717, 1.165) is 31.7 Å². The number of carbonyl (C=O) groups is 1. The summed E-state index contributed by atoms with van der Waals surface area (Å²) in [4.78, 5) is 17.5. The van der Waals surface area contributed by atoms with Crippen LogP contribution in [0.15, 0.2) is 78.9 Å². The Balaban J connectivity index is 1.49. The third kappa shape index (κ3) is 6.45. The van der Waals surface area contributed by atoms with E-state index in [0.29, 0.717) is 17.7 Å². The maximum absolute atomic E-state index is 12.4. The van der Waals surface area contributed by atoms with Gasteiger partial charge in [-0.3, -0.25) is 9.69 Å². The zero-order valence-corrected chi connectivity index (χ0v) is 24.1. The lowest BCUT2D eigenvalue weighted by atomic mass is 9.87. The van der Waals surface area contributed by atoms with Crippen molar-refractivity contribution in [3.8, 4) is 5.75 Å². The van der Waals surface area contributed by atoms with Gasteiger partial charge in [0.25, 0.3) is 0 Å². The maximum atomic E-state index is 12.4. The van der Waals surface area contributed by atoms with Crippen LogP contribution in [-0.4, -0.2) is 43.1 Å². The van der Waals surface area contributed by atoms with Crippen LogP contribution in [0.25, 0.3) is 11.1 Å². The van der Waals surface area contributed by atoms with Crippen LogP contribution in [0.5, 0.6) is 5.75 Å². The number of esters is 1. The number of nitrogens with zero attached hydrogens (tertiary/aromatic N) is 2. The first-order chi connectivity index (χ1) is 18.7. The van der Waals surface area contributed by atoms with E-state index in [9.17, 15) is 4.79 Å². The van der Waals surface area contributed by atoms with E-state index in [1.54, 1.807) is 0 Å². The Labute approximate surface area is 234 Å². The molecule has 4 heteroatoms. The summed E-state index contributed by atoms with van der Waals surface area (Å²) in [6.07, 6.45) is 2.43. The normalized spacial score (nSPS) is 17.2. The van der Waals surface area contributed by atoms with Crippen molar-refractivity contribution in [3.05, 3.63) is 95.6 Å². The molecular formula is C35H42N2O2. The van der Waals surface area contributed by atoms with E-state index in [1.807, 2.05) is 32.9 Å². The first-order valence-electron chi connectivity index (χ1n) is 14.4. The highest BCUT2D eigenvalue weighted by atomic mass is 16.5. The van der Waals surface area contributed by atoms with Gasteiger partial charge < -0.3 is 9.64 Å². The van der Waals surface area contributed by atoms with Gasteiger partial charge in [-0.1, -0.05) is 54.6 Å². The fourth-order valence-electron chi connectivity index (χ4n) is 5.34. The van der Waals surface area contributed by atoms with Gasteiger partial charge in [0, 0.05) is 37.9 Å². The second-order valence-corrected chi connectivity index (χ2v) is 12.3. The number of carbonyl (C=O) groups excluding carboxylic acids is 1. The van der Waals surface area contributed by atoms with Gasteiger partial charge >= 0.3 is 5.97 Å². The van der Waals surface area contributed by atoms with E-state index in [4.69, 9.17) is 4.74 Å². The SMILES string of the molecule is CC(C)N1CCN(c2ccc(/C(=C(\c3ccccc3)C3CC3)c3ccc(OC(=O)C(C)(C)C)cc3)cc2)CC1. The summed E-state index contributed by atoms with van der Waals surface area (Å²) in [6.45, 7) is 14.5. The number of benzene rings is 3. The predicted octanol–water partition coefficient (Wildman–Crippen LogP) is 7.54. The quantitative estimate of drug-likeness (QED) is 0.182. The molecule has 3 aromatic carbocycles. The zero-order chi connectivity index (χ0) is 27.6. The molecule has 2 fully saturated rings. The molecule has 204 valence electrons. The second kappa shape index (κ2) is 11.4. The summed E-state index contributed by atoms with van der Waals surface area (Å²) in [7, 11) is 0. The van der Waals surface area contributed by atoms with Gasteiger partial charge in [0.1, 0.15) is 5.75 Å². The van der Waals surface area contributed by atoms with Crippen LogP contribution in [0.3, 0.4) is 0 Å². The summed E-state index contributed by atoms with van der Waals surface area (Å²) in [5.41, 5.74) is 7.09. The van der Waals surface area contributed by atoms with E-state index in [-0.39, 0.29) is 5.97 Å². The highest BCUT2D eigenvalue weighted by Crippen LogP contribution is 2.47. The molecule has 5 rings (SSSR count). The summed E-state index contributed by atoms with van der Waals surface area (Å²) in [5.74, 6) is 0.921. The van der Waals surface area contributed by atoms with Gasteiger partial charge in [-0.15, -0.1) is 0 Å². The van der Waals surface area contributed by atoms with Crippen molar-refractivity contribution in [2.75, 3.05) is 31.1 Å². The molecule has 4 nitrogen and oxygen atoms in total. The molecule has 39 heavy (non-hydrogen) atoms.